The average molecular weight is 280 g/mol. The van der Waals surface area contributed by atoms with Crippen LogP contribution in [0.2, 0.25) is 0 Å². The van der Waals surface area contributed by atoms with Crippen LogP contribution in [0, 0.1) is 6.92 Å². The van der Waals surface area contributed by atoms with Crippen LogP contribution in [0.3, 0.4) is 0 Å². The maximum atomic E-state index is 5.83. The summed E-state index contributed by atoms with van der Waals surface area (Å²) in [5.41, 5.74) is 9.00. The number of rotatable bonds is 2. The molecule has 19 heavy (non-hydrogen) atoms. The predicted octanol–water partition coefficient (Wildman–Crippen LogP) is 4.30. The van der Waals surface area contributed by atoms with Crippen LogP contribution in [-0.2, 0) is 8.96 Å². The van der Waals surface area contributed by atoms with E-state index in [4.69, 9.17) is 10.1 Å². The maximum absolute atomic E-state index is 5.83. The zero-order valence-electron chi connectivity index (χ0n) is 12.8. The molecule has 0 spiro atoms. The third-order valence-corrected chi connectivity index (χ3v) is 7.97. The quantitative estimate of drug-likeness (QED) is 0.806. The topological polar surface area (TPSA) is 38.4 Å². The molecule has 1 aliphatic rings. The normalized spacial score (nSPS) is 19.7. The number of benzene rings is 1. The molecule has 1 fully saturated rings. The summed E-state index contributed by atoms with van der Waals surface area (Å²) in [5.74, 6) is 0. The molecular formula is C16H28N2S. The summed E-state index contributed by atoms with van der Waals surface area (Å²) in [4.78, 5) is 0. The molecule has 0 unspecified atom stereocenters. The molecule has 0 bridgehead atoms. The van der Waals surface area contributed by atoms with Gasteiger partial charge in [-0.25, -0.2) is 4.36 Å². The molecule has 1 saturated carbocycles. The molecule has 1 aromatic rings. The fraction of sp³-hybridized carbons (Fsp3) is 0.625. The molecular weight excluding hydrogens is 252 g/mol. The van der Waals surface area contributed by atoms with Crippen molar-refractivity contribution in [1.82, 2.24) is 0 Å². The van der Waals surface area contributed by atoms with E-state index >= 15 is 0 Å². The first kappa shape index (κ1) is 14.6. The van der Waals surface area contributed by atoms with E-state index in [-0.39, 0.29) is 0 Å². The fourth-order valence-electron chi connectivity index (χ4n) is 3.09. The number of hydrogen-bond acceptors (Lipinski definition) is 2. The summed E-state index contributed by atoms with van der Waals surface area (Å²) in [6.45, 7) is 2.11. The second-order valence-electron chi connectivity index (χ2n) is 6.98. The van der Waals surface area contributed by atoms with E-state index in [2.05, 4.69) is 31.8 Å². The molecule has 1 aliphatic carbocycles. The maximum Gasteiger partial charge on any atom is 0.0716 e. The van der Waals surface area contributed by atoms with Crippen LogP contribution in [0.15, 0.2) is 22.6 Å². The molecule has 0 aliphatic heterocycles. The van der Waals surface area contributed by atoms with Gasteiger partial charge in [0.1, 0.15) is 0 Å². The fourth-order valence-corrected chi connectivity index (χ4v) is 6.10. The molecule has 1 aromatic carbocycles. The number of anilines is 1. The molecule has 0 saturated heterocycles. The molecule has 2 rings (SSSR count). The van der Waals surface area contributed by atoms with Gasteiger partial charge in [-0.2, -0.15) is 8.96 Å². The zero-order chi connectivity index (χ0) is 14.1. The summed E-state index contributed by atoms with van der Waals surface area (Å²) < 4.78 is 5.24. The Bertz CT molecular complexity index is 523. The van der Waals surface area contributed by atoms with Crippen LogP contribution in [0.5, 0.6) is 0 Å². The first-order chi connectivity index (χ1) is 8.76. The number of hydrogen-bond donors (Lipinski definition) is 1. The minimum Gasteiger partial charge on any atom is -0.399 e. The van der Waals surface area contributed by atoms with Gasteiger partial charge < -0.3 is 5.73 Å². The highest BCUT2D eigenvalue weighted by Crippen LogP contribution is 2.39. The highest BCUT2D eigenvalue weighted by atomic mass is 32.3. The van der Waals surface area contributed by atoms with Gasteiger partial charge in [0, 0.05) is 5.69 Å². The first-order valence-electron chi connectivity index (χ1n) is 7.21. The Kier molecular flexibility index (Phi) is 3.78. The minimum atomic E-state index is -1.72. The van der Waals surface area contributed by atoms with E-state index in [0.717, 1.165) is 16.6 Å². The molecule has 108 valence electrons. The third kappa shape index (κ3) is 3.38. The standard InChI is InChI=1S/C16H28N2S/c1-13-12-14(17)10-11-16(13)18-19(2,3,4)15-8-6-5-7-9-15/h10-12,15H,5-9,17H2,1-4H3. The lowest BCUT2D eigenvalue weighted by molar-refractivity contribution is 0.510. The van der Waals surface area contributed by atoms with Gasteiger partial charge >= 0.3 is 0 Å². The first-order valence-corrected chi connectivity index (χ1v) is 10.5. The SMILES string of the molecule is Cc1cc(N)ccc1N=S(C)(C)(C)C1CCCCC1. The highest BCUT2D eigenvalue weighted by molar-refractivity contribution is 8.20. The summed E-state index contributed by atoms with van der Waals surface area (Å²) in [6, 6.07) is 6.08. The Hall–Kier alpha value is -0.830. The molecule has 0 heterocycles. The number of aryl methyl sites for hydroxylation is 1. The van der Waals surface area contributed by atoms with Crippen molar-refractivity contribution in [3.05, 3.63) is 23.8 Å². The van der Waals surface area contributed by atoms with Crippen molar-refractivity contribution < 1.29 is 0 Å². The van der Waals surface area contributed by atoms with Crippen molar-refractivity contribution in [2.24, 2.45) is 4.36 Å². The van der Waals surface area contributed by atoms with E-state index in [0.29, 0.717) is 0 Å². The number of nitrogens with two attached hydrogens (primary N) is 1. The molecule has 0 aromatic heterocycles. The van der Waals surface area contributed by atoms with Crippen molar-refractivity contribution in [3.8, 4) is 0 Å². The molecule has 0 atom stereocenters. The van der Waals surface area contributed by atoms with Gasteiger partial charge in [0.15, 0.2) is 0 Å². The van der Waals surface area contributed by atoms with E-state index < -0.39 is 8.96 Å². The van der Waals surface area contributed by atoms with Crippen molar-refractivity contribution in [2.75, 3.05) is 24.5 Å². The lowest BCUT2D eigenvalue weighted by Crippen LogP contribution is -2.41. The molecule has 0 radical (unpaired) electrons. The van der Waals surface area contributed by atoms with Crippen LogP contribution >= 0.6 is 0 Å². The van der Waals surface area contributed by atoms with E-state index in [1.165, 1.54) is 37.7 Å². The lowest BCUT2D eigenvalue weighted by atomic mass is 10.0. The van der Waals surface area contributed by atoms with Gasteiger partial charge in [0.25, 0.3) is 0 Å². The van der Waals surface area contributed by atoms with Gasteiger partial charge in [-0.3, -0.25) is 0 Å². The van der Waals surface area contributed by atoms with Crippen LogP contribution in [-0.4, -0.2) is 24.0 Å². The largest absolute Gasteiger partial charge is 0.399 e. The van der Waals surface area contributed by atoms with E-state index in [9.17, 15) is 0 Å². The molecule has 3 heteroatoms. The van der Waals surface area contributed by atoms with Crippen LogP contribution in [0.25, 0.3) is 0 Å². The van der Waals surface area contributed by atoms with Gasteiger partial charge in [0.05, 0.1) is 5.69 Å². The smallest absolute Gasteiger partial charge is 0.0716 e. The molecule has 0 amide bonds. The van der Waals surface area contributed by atoms with Crippen LogP contribution in [0.1, 0.15) is 37.7 Å². The Morgan fingerprint density at radius 2 is 1.74 bits per heavy atom. The summed E-state index contributed by atoms with van der Waals surface area (Å²) >= 11 is 0. The summed E-state index contributed by atoms with van der Waals surface area (Å²) in [7, 11) is -1.72. The zero-order valence-corrected chi connectivity index (χ0v) is 13.6. The third-order valence-electron chi connectivity index (χ3n) is 4.35. The Morgan fingerprint density at radius 3 is 2.32 bits per heavy atom. The van der Waals surface area contributed by atoms with Gasteiger partial charge in [-0.1, -0.05) is 19.3 Å². The highest BCUT2D eigenvalue weighted by Gasteiger charge is 2.30. The predicted molar refractivity (Wildman–Crippen MR) is 89.7 cm³/mol. The minimum absolute atomic E-state index is 0.780. The summed E-state index contributed by atoms with van der Waals surface area (Å²) in [6.07, 6.45) is 14.1. The van der Waals surface area contributed by atoms with Crippen molar-refractivity contribution in [2.45, 2.75) is 44.3 Å². The van der Waals surface area contributed by atoms with Crippen molar-refractivity contribution in [3.63, 3.8) is 0 Å². The van der Waals surface area contributed by atoms with Gasteiger partial charge in [0.2, 0.25) is 0 Å². The van der Waals surface area contributed by atoms with Crippen LogP contribution < -0.4 is 5.73 Å². The average Bonchev–Trinajstić information content (AvgIpc) is 2.33. The second kappa shape index (κ2) is 4.93. The number of nitrogens with zero attached hydrogens (tertiary/aromatic N) is 1. The molecule has 2 nitrogen and oxygen atoms in total. The molecule has 2 N–H and O–H groups in total. The van der Waals surface area contributed by atoms with E-state index in [1.807, 2.05) is 12.1 Å². The Balaban J connectivity index is 2.42. The van der Waals surface area contributed by atoms with Gasteiger partial charge in [-0.05, 0) is 67.5 Å². The van der Waals surface area contributed by atoms with Crippen LogP contribution in [0.4, 0.5) is 11.4 Å². The van der Waals surface area contributed by atoms with E-state index in [1.54, 1.807) is 0 Å². The van der Waals surface area contributed by atoms with Gasteiger partial charge in [-0.15, -0.1) is 0 Å². The lowest BCUT2D eigenvalue weighted by Gasteiger charge is -2.46. The number of nitrogen functional groups attached to an aromatic ring is 1. The second-order valence-corrected chi connectivity index (χ2v) is 13.0. The van der Waals surface area contributed by atoms with Crippen molar-refractivity contribution >= 4 is 20.3 Å². The summed E-state index contributed by atoms with van der Waals surface area (Å²) in [5, 5.41) is 0.780. The van der Waals surface area contributed by atoms with Crippen molar-refractivity contribution in [1.29, 1.82) is 0 Å². The Morgan fingerprint density at radius 1 is 1.11 bits per heavy atom. The monoisotopic (exact) mass is 280 g/mol. The Labute approximate surface area is 117 Å².